The summed E-state index contributed by atoms with van der Waals surface area (Å²) in [5.41, 5.74) is 1.26. The van der Waals surface area contributed by atoms with E-state index in [0.717, 1.165) is 10.2 Å². The maximum absolute atomic E-state index is 3.46. The summed E-state index contributed by atoms with van der Waals surface area (Å²) in [5.74, 6) is 0. The maximum Gasteiger partial charge on any atom is 0.0344 e. The molecule has 0 saturated carbocycles. The average Bonchev–Trinajstić information content (AvgIpc) is 2.33. The van der Waals surface area contributed by atoms with E-state index in [1.807, 2.05) is 0 Å². The van der Waals surface area contributed by atoms with Crippen LogP contribution in [-0.4, -0.2) is 5.54 Å². The summed E-state index contributed by atoms with van der Waals surface area (Å²) in [6.45, 7) is 6.49. The van der Waals surface area contributed by atoms with Gasteiger partial charge in [-0.1, -0.05) is 27.7 Å². The smallest absolute Gasteiger partial charge is 0.0344 e. The zero-order valence-electron chi connectivity index (χ0n) is 11.4. The number of rotatable bonds is 3. The van der Waals surface area contributed by atoms with Crippen LogP contribution in [0.3, 0.4) is 0 Å². The molecule has 3 heteroatoms. The van der Waals surface area contributed by atoms with Crippen molar-refractivity contribution in [1.82, 2.24) is 0 Å². The molecule has 1 N–H and O–H groups in total. The molecule has 0 atom stereocenters. The molecule has 19 heavy (non-hydrogen) atoms. The van der Waals surface area contributed by atoms with Crippen molar-refractivity contribution in [1.29, 1.82) is 0 Å². The van der Waals surface area contributed by atoms with Crippen molar-refractivity contribution in [3.63, 3.8) is 0 Å². The van der Waals surface area contributed by atoms with Crippen molar-refractivity contribution in [2.24, 2.45) is 0 Å². The lowest BCUT2D eigenvalue weighted by Crippen LogP contribution is -2.25. The minimum atomic E-state index is 0.0976. The quantitative estimate of drug-likeness (QED) is 0.759. The molecular weight excluding hydrogens is 318 g/mol. The zero-order chi connectivity index (χ0) is 13.9. The van der Waals surface area contributed by atoms with Crippen molar-refractivity contribution in [3.05, 3.63) is 53.0 Å². The Labute approximate surface area is 127 Å². The van der Waals surface area contributed by atoms with Gasteiger partial charge in [-0.15, -0.1) is 0 Å². The SMILES string of the molecule is CC(C)(C)Nc1ccc(Sc2ccc(Br)cc2)cc1. The van der Waals surface area contributed by atoms with Gasteiger partial charge in [-0.2, -0.15) is 0 Å². The lowest BCUT2D eigenvalue weighted by atomic mass is 10.1. The second-order valence-corrected chi connectivity index (χ2v) is 7.52. The van der Waals surface area contributed by atoms with Crippen molar-refractivity contribution in [2.45, 2.75) is 36.1 Å². The summed E-state index contributed by atoms with van der Waals surface area (Å²) >= 11 is 5.23. The van der Waals surface area contributed by atoms with Crippen LogP contribution in [0.25, 0.3) is 0 Å². The fourth-order valence-corrected chi connectivity index (χ4v) is 2.76. The van der Waals surface area contributed by atoms with Crippen molar-refractivity contribution < 1.29 is 0 Å². The molecule has 0 spiro atoms. The third-order valence-electron chi connectivity index (χ3n) is 2.42. The van der Waals surface area contributed by atoms with Gasteiger partial charge in [0.2, 0.25) is 0 Å². The average molecular weight is 336 g/mol. The molecule has 0 heterocycles. The highest BCUT2D eigenvalue weighted by molar-refractivity contribution is 9.10. The molecule has 0 aromatic heterocycles. The van der Waals surface area contributed by atoms with Crippen LogP contribution in [0.15, 0.2) is 62.8 Å². The second kappa shape index (κ2) is 6.02. The van der Waals surface area contributed by atoms with Crippen LogP contribution in [-0.2, 0) is 0 Å². The summed E-state index contributed by atoms with van der Waals surface area (Å²) in [6.07, 6.45) is 0. The number of hydrogen-bond donors (Lipinski definition) is 1. The maximum atomic E-state index is 3.46. The molecule has 0 aliphatic rings. The molecule has 2 aromatic carbocycles. The summed E-state index contributed by atoms with van der Waals surface area (Å²) in [4.78, 5) is 2.50. The Balaban J connectivity index is 2.04. The highest BCUT2D eigenvalue weighted by Gasteiger charge is 2.08. The number of benzene rings is 2. The van der Waals surface area contributed by atoms with Crippen molar-refractivity contribution >= 4 is 33.4 Å². The standard InChI is InChI=1S/C16H18BrNS/c1-16(2,3)18-13-6-10-15(11-7-13)19-14-8-4-12(17)5-9-14/h4-11,18H,1-3H3. The molecule has 0 fully saturated rings. The van der Waals surface area contributed by atoms with E-state index in [-0.39, 0.29) is 5.54 Å². The molecular formula is C16H18BrNS. The molecule has 0 amide bonds. The summed E-state index contributed by atoms with van der Waals surface area (Å²) in [6, 6.07) is 16.9. The topological polar surface area (TPSA) is 12.0 Å². The Morgan fingerprint density at radius 3 is 1.79 bits per heavy atom. The Morgan fingerprint density at radius 1 is 0.842 bits per heavy atom. The normalized spacial score (nSPS) is 11.4. The van der Waals surface area contributed by atoms with Crippen LogP contribution < -0.4 is 5.32 Å². The molecule has 0 aliphatic carbocycles. The largest absolute Gasteiger partial charge is 0.380 e. The van der Waals surface area contributed by atoms with E-state index in [1.165, 1.54) is 9.79 Å². The molecule has 100 valence electrons. The minimum absolute atomic E-state index is 0.0976. The van der Waals surface area contributed by atoms with E-state index in [0.29, 0.717) is 0 Å². The van der Waals surface area contributed by atoms with E-state index >= 15 is 0 Å². The summed E-state index contributed by atoms with van der Waals surface area (Å²) in [7, 11) is 0. The molecule has 1 nitrogen and oxygen atoms in total. The predicted octanol–water partition coefficient (Wildman–Crippen LogP) is 5.81. The highest BCUT2D eigenvalue weighted by atomic mass is 79.9. The van der Waals surface area contributed by atoms with E-state index in [1.54, 1.807) is 11.8 Å². The monoisotopic (exact) mass is 335 g/mol. The van der Waals surface area contributed by atoms with Gasteiger partial charge in [-0.25, -0.2) is 0 Å². The number of halogens is 1. The fraction of sp³-hybridized carbons (Fsp3) is 0.250. The molecule has 0 saturated heterocycles. The van der Waals surface area contributed by atoms with Gasteiger partial charge in [0.1, 0.15) is 0 Å². The second-order valence-electron chi connectivity index (χ2n) is 5.46. The Kier molecular flexibility index (Phi) is 4.58. The van der Waals surface area contributed by atoms with Gasteiger partial charge in [-0.05, 0) is 69.3 Å². The van der Waals surface area contributed by atoms with Gasteiger partial charge in [-0.3, -0.25) is 0 Å². The van der Waals surface area contributed by atoms with Gasteiger partial charge < -0.3 is 5.32 Å². The Morgan fingerprint density at radius 2 is 1.32 bits per heavy atom. The minimum Gasteiger partial charge on any atom is -0.380 e. The van der Waals surface area contributed by atoms with Crippen LogP contribution in [0.2, 0.25) is 0 Å². The number of hydrogen-bond acceptors (Lipinski definition) is 2. The Hall–Kier alpha value is -0.930. The van der Waals surface area contributed by atoms with E-state index in [2.05, 4.69) is 90.5 Å². The summed E-state index contributed by atoms with van der Waals surface area (Å²) in [5, 5.41) is 3.46. The fourth-order valence-electron chi connectivity index (χ4n) is 1.68. The lowest BCUT2D eigenvalue weighted by molar-refractivity contribution is 0.634. The number of anilines is 1. The van der Waals surface area contributed by atoms with E-state index in [4.69, 9.17) is 0 Å². The first-order valence-electron chi connectivity index (χ1n) is 6.24. The van der Waals surface area contributed by atoms with E-state index < -0.39 is 0 Å². The highest BCUT2D eigenvalue weighted by Crippen LogP contribution is 2.29. The van der Waals surface area contributed by atoms with Crippen LogP contribution in [0.5, 0.6) is 0 Å². The summed E-state index contributed by atoms with van der Waals surface area (Å²) < 4.78 is 1.11. The lowest BCUT2D eigenvalue weighted by Gasteiger charge is -2.22. The van der Waals surface area contributed by atoms with Crippen LogP contribution in [0.4, 0.5) is 5.69 Å². The first-order valence-corrected chi connectivity index (χ1v) is 7.85. The first-order chi connectivity index (χ1) is 8.92. The number of nitrogens with one attached hydrogen (secondary N) is 1. The van der Waals surface area contributed by atoms with Gasteiger partial charge in [0, 0.05) is 25.5 Å². The van der Waals surface area contributed by atoms with Crippen LogP contribution in [0, 0.1) is 0 Å². The zero-order valence-corrected chi connectivity index (χ0v) is 13.8. The van der Waals surface area contributed by atoms with E-state index in [9.17, 15) is 0 Å². The van der Waals surface area contributed by atoms with Crippen molar-refractivity contribution in [3.8, 4) is 0 Å². The van der Waals surface area contributed by atoms with Gasteiger partial charge >= 0.3 is 0 Å². The first kappa shape index (κ1) is 14.5. The van der Waals surface area contributed by atoms with Crippen LogP contribution in [0.1, 0.15) is 20.8 Å². The van der Waals surface area contributed by atoms with Gasteiger partial charge in [0.25, 0.3) is 0 Å². The molecule has 0 radical (unpaired) electrons. The predicted molar refractivity (Wildman–Crippen MR) is 88.1 cm³/mol. The molecule has 0 bridgehead atoms. The van der Waals surface area contributed by atoms with Crippen molar-refractivity contribution in [2.75, 3.05) is 5.32 Å². The Bertz CT molecular complexity index is 526. The third-order valence-corrected chi connectivity index (χ3v) is 3.97. The molecule has 2 aromatic rings. The third kappa shape index (κ3) is 4.92. The molecule has 0 unspecified atom stereocenters. The molecule has 0 aliphatic heterocycles. The van der Waals surface area contributed by atoms with Gasteiger partial charge in [0.05, 0.1) is 0 Å². The molecule has 2 rings (SSSR count). The van der Waals surface area contributed by atoms with Gasteiger partial charge in [0.15, 0.2) is 0 Å². The van der Waals surface area contributed by atoms with Crippen LogP contribution >= 0.6 is 27.7 Å².